The molecular weight excluding hydrogens is 266 g/mol. The molecule has 1 aliphatic rings. The molecule has 0 radical (unpaired) electrons. The molecule has 2 atom stereocenters. The molecule has 0 aliphatic carbocycles. The van der Waals surface area contributed by atoms with Crippen LogP contribution >= 0.6 is 11.3 Å². The fourth-order valence-corrected chi connectivity index (χ4v) is 3.55. The van der Waals surface area contributed by atoms with Crippen molar-refractivity contribution in [2.45, 2.75) is 31.9 Å². The van der Waals surface area contributed by atoms with Crippen LogP contribution in [0.1, 0.15) is 42.2 Å². The second kappa shape index (κ2) is 6.53. The normalized spacial score (nSPS) is 19.6. The maximum Gasteiger partial charge on any atom is 0.102 e. The molecule has 0 bridgehead atoms. The predicted octanol–water partition coefficient (Wildman–Crippen LogP) is 4.10. The summed E-state index contributed by atoms with van der Waals surface area (Å²) in [6.07, 6.45) is 2.28. The van der Waals surface area contributed by atoms with Gasteiger partial charge >= 0.3 is 0 Å². The van der Waals surface area contributed by atoms with Crippen molar-refractivity contribution in [1.82, 2.24) is 5.32 Å². The molecule has 0 fully saturated rings. The average molecular weight is 287 g/mol. The van der Waals surface area contributed by atoms with Gasteiger partial charge in [0, 0.05) is 0 Å². The molecule has 2 aromatic rings. The Hall–Kier alpha value is -1.16. The van der Waals surface area contributed by atoms with Crippen LogP contribution in [0, 0.1) is 0 Å². The van der Waals surface area contributed by atoms with Crippen molar-refractivity contribution in [3.63, 3.8) is 0 Å². The largest absolute Gasteiger partial charge is 0.371 e. The third kappa shape index (κ3) is 2.80. The van der Waals surface area contributed by atoms with Crippen LogP contribution in [0.25, 0.3) is 0 Å². The van der Waals surface area contributed by atoms with Crippen LogP contribution < -0.4 is 5.32 Å². The van der Waals surface area contributed by atoms with E-state index in [9.17, 15) is 0 Å². The maximum absolute atomic E-state index is 6.13. The number of hydrogen-bond acceptors (Lipinski definition) is 3. The minimum absolute atomic E-state index is 0.126. The van der Waals surface area contributed by atoms with Gasteiger partial charge in [-0.25, -0.2) is 0 Å². The van der Waals surface area contributed by atoms with Gasteiger partial charge in [-0.15, -0.1) is 0 Å². The van der Waals surface area contributed by atoms with Gasteiger partial charge < -0.3 is 10.1 Å². The average Bonchev–Trinajstić information content (AvgIpc) is 3.02. The van der Waals surface area contributed by atoms with Crippen LogP contribution in [0.3, 0.4) is 0 Å². The molecule has 1 aromatic heterocycles. The van der Waals surface area contributed by atoms with Crippen molar-refractivity contribution >= 4 is 11.3 Å². The highest BCUT2D eigenvalue weighted by atomic mass is 32.1. The number of benzene rings is 1. The first-order valence-corrected chi connectivity index (χ1v) is 8.29. The Morgan fingerprint density at radius 3 is 3.05 bits per heavy atom. The van der Waals surface area contributed by atoms with Gasteiger partial charge in [-0.2, -0.15) is 11.3 Å². The Bertz CT molecular complexity index is 538. The molecule has 2 unspecified atom stereocenters. The van der Waals surface area contributed by atoms with Crippen LogP contribution in [0.4, 0.5) is 0 Å². The third-order valence-electron chi connectivity index (χ3n) is 3.85. The topological polar surface area (TPSA) is 21.3 Å². The van der Waals surface area contributed by atoms with E-state index in [0.717, 1.165) is 26.0 Å². The lowest BCUT2D eigenvalue weighted by Crippen LogP contribution is -2.32. The van der Waals surface area contributed by atoms with Crippen molar-refractivity contribution in [1.29, 1.82) is 0 Å². The maximum atomic E-state index is 6.13. The molecule has 2 heterocycles. The van der Waals surface area contributed by atoms with Crippen molar-refractivity contribution in [3.05, 3.63) is 57.8 Å². The summed E-state index contributed by atoms with van der Waals surface area (Å²) >= 11 is 1.75. The molecule has 0 saturated heterocycles. The van der Waals surface area contributed by atoms with Gasteiger partial charge in [0.15, 0.2) is 0 Å². The Morgan fingerprint density at radius 1 is 1.35 bits per heavy atom. The number of nitrogens with one attached hydrogen (secondary N) is 1. The van der Waals surface area contributed by atoms with E-state index < -0.39 is 0 Å². The quantitative estimate of drug-likeness (QED) is 0.894. The summed E-state index contributed by atoms with van der Waals surface area (Å²) in [4.78, 5) is 0. The monoisotopic (exact) mass is 287 g/mol. The van der Waals surface area contributed by atoms with E-state index in [-0.39, 0.29) is 12.1 Å². The highest BCUT2D eigenvalue weighted by molar-refractivity contribution is 7.07. The molecule has 1 aromatic carbocycles. The standard InChI is InChI=1S/C17H21NOS/c1-2-9-18-16(14-8-11-20-12-14)17-15-6-4-3-5-13(15)7-10-19-17/h3-6,8,11-12,16-18H,2,7,9-10H2,1H3. The molecule has 1 aliphatic heterocycles. The van der Waals surface area contributed by atoms with Crippen molar-refractivity contribution < 1.29 is 4.74 Å². The summed E-state index contributed by atoms with van der Waals surface area (Å²) in [5.41, 5.74) is 4.12. The summed E-state index contributed by atoms with van der Waals surface area (Å²) in [6.45, 7) is 4.03. The predicted molar refractivity (Wildman–Crippen MR) is 84.2 cm³/mol. The Morgan fingerprint density at radius 2 is 2.25 bits per heavy atom. The Kier molecular flexibility index (Phi) is 4.51. The zero-order valence-corrected chi connectivity index (χ0v) is 12.7. The molecule has 0 spiro atoms. The fourth-order valence-electron chi connectivity index (χ4n) is 2.85. The molecule has 1 N–H and O–H groups in total. The number of rotatable bonds is 5. The van der Waals surface area contributed by atoms with Crippen molar-refractivity contribution in [2.75, 3.05) is 13.2 Å². The third-order valence-corrected chi connectivity index (χ3v) is 4.55. The molecule has 106 valence electrons. The number of hydrogen-bond donors (Lipinski definition) is 1. The van der Waals surface area contributed by atoms with Crippen LogP contribution in [0.2, 0.25) is 0 Å². The smallest absolute Gasteiger partial charge is 0.102 e. The molecule has 0 saturated carbocycles. The summed E-state index contributed by atoms with van der Waals surface area (Å²) in [6, 6.07) is 11.1. The zero-order chi connectivity index (χ0) is 13.8. The highest BCUT2D eigenvalue weighted by Crippen LogP contribution is 2.37. The van der Waals surface area contributed by atoms with Crippen LogP contribution in [0.5, 0.6) is 0 Å². The van der Waals surface area contributed by atoms with Gasteiger partial charge in [-0.05, 0) is 52.9 Å². The number of fused-ring (bicyclic) bond motifs is 1. The minimum Gasteiger partial charge on any atom is -0.371 e. The van der Waals surface area contributed by atoms with Crippen molar-refractivity contribution in [2.24, 2.45) is 0 Å². The van der Waals surface area contributed by atoms with Crippen LogP contribution in [-0.2, 0) is 11.2 Å². The SMILES string of the molecule is CCCNC(c1ccsc1)C1OCCc2ccccc21. The first-order chi connectivity index (χ1) is 9.90. The second-order valence-corrected chi connectivity index (χ2v) is 6.01. The minimum atomic E-state index is 0.126. The summed E-state index contributed by atoms with van der Waals surface area (Å²) in [7, 11) is 0. The van der Waals surface area contributed by atoms with E-state index in [4.69, 9.17) is 4.74 Å². The molecule has 3 rings (SSSR count). The van der Waals surface area contributed by atoms with Gasteiger partial charge in [-0.1, -0.05) is 31.2 Å². The lowest BCUT2D eigenvalue weighted by molar-refractivity contribution is 0.0149. The van der Waals surface area contributed by atoms with Crippen LogP contribution in [0.15, 0.2) is 41.1 Å². The number of ether oxygens (including phenoxy) is 1. The second-order valence-electron chi connectivity index (χ2n) is 5.23. The lowest BCUT2D eigenvalue weighted by atomic mass is 9.91. The Labute approximate surface area is 124 Å². The van der Waals surface area contributed by atoms with E-state index in [2.05, 4.69) is 53.3 Å². The Balaban J connectivity index is 1.92. The summed E-state index contributed by atoms with van der Waals surface area (Å²) in [5.74, 6) is 0. The highest BCUT2D eigenvalue weighted by Gasteiger charge is 2.29. The van der Waals surface area contributed by atoms with E-state index in [1.54, 1.807) is 11.3 Å². The fraction of sp³-hybridized carbons (Fsp3) is 0.412. The molecule has 0 amide bonds. The molecule has 2 nitrogen and oxygen atoms in total. The summed E-state index contributed by atoms with van der Waals surface area (Å²) in [5, 5.41) is 8.04. The van der Waals surface area contributed by atoms with Gasteiger partial charge in [0.1, 0.15) is 6.10 Å². The first kappa shape index (κ1) is 13.8. The van der Waals surface area contributed by atoms with E-state index in [1.165, 1.54) is 16.7 Å². The van der Waals surface area contributed by atoms with E-state index in [0.29, 0.717) is 0 Å². The molecule has 20 heavy (non-hydrogen) atoms. The lowest BCUT2D eigenvalue weighted by Gasteiger charge is -2.33. The first-order valence-electron chi connectivity index (χ1n) is 7.35. The van der Waals surface area contributed by atoms with Crippen molar-refractivity contribution in [3.8, 4) is 0 Å². The molecular formula is C17H21NOS. The zero-order valence-electron chi connectivity index (χ0n) is 11.8. The van der Waals surface area contributed by atoms with Gasteiger partial charge in [-0.3, -0.25) is 0 Å². The van der Waals surface area contributed by atoms with Gasteiger partial charge in [0.2, 0.25) is 0 Å². The number of thiophene rings is 1. The van der Waals surface area contributed by atoms with Gasteiger partial charge in [0.25, 0.3) is 0 Å². The molecule has 3 heteroatoms. The van der Waals surface area contributed by atoms with Crippen LogP contribution in [-0.4, -0.2) is 13.2 Å². The summed E-state index contributed by atoms with van der Waals surface area (Å²) < 4.78 is 6.13. The van der Waals surface area contributed by atoms with E-state index >= 15 is 0 Å². The van der Waals surface area contributed by atoms with E-state index in [1.807, 2.05) is 0 Å². The van der Waals surface area contributed by atoms with Gasteiger partial charge in [0.05, 0.1) is 12.6 Å².